The van der Waals surface area contributed by atoms with Crippen LogP contribution >= 0.6 is 0 Å². The van der Waals surface area contributed by atoms with Gasteiger partial charge in [-0.1, -0.05) is 42.5 Å². The average Bonchev–Trinajstić information content (AvgIpc) is 3.06. The van der Waals surface area contributed by atoms with Crippen molar-refractivity contribution in [2.75, 3.05) is 40.4 Å². The highest BCUT2D eigenvalue weighted by molar-refractivity contribution is 7.89. The number of hydrogen-bond donors (Lipinski definition) is 4. The second-order valence-corrected chi connectivity index (χ2v) is 12.9. The van der Waals surface area contributed by atoms with Crippen molar-refractivity contribution in [1.82, 2.24) is 19.8 Å². The first kappa shape index (κ1) is 34.2. The number of nitrogens with two attached hydrogens (primary N) is 1. The molecule has 246 valence electrons. The predicted octanol–water partition coefficient (Wildman–Crippen LogP) is 1.81. The second-order valence-electron chi connectivity index (χ2n) is 11.2. The van der Waals surface area contributed by atoms with Gasteiger partial charge in [0.15, 0.2) is 5.96 Å². The molecule has 0 bridgehead atoms. The summed E-state index contributed by atoms with van der Waals surface area (Å²) in [6.45, 7) is 0.863. The lowest BCUT2D eigenvalue weighted by atomic mass is 9.98. The molecule has 46 heavy (non-hydrogen) atoms. The van der Waals surface area contributed by atoms with Crippen LogP contribution in [0.3, 0.4) is 0 Å². The highest BCUT2D eigenvalue weighted by atomic mass is 32.2. The van der Waals surface area contributed by atoms with E-state index in [2.05, 4.69) is 10.0 Å². The van der Waals surface area contributed by atoms with Gasteiger partial charge in [-0.05, 0) is 59.4 Å². The van der Waals surface area contributed by atoms with Crippen LogP contribution in [0.4, 0.5) is 0 Å². The molecule has 5 N–H and O–H groups in total. The smallest absolute Gasteiger partial charge is 0.325 e. The highest BCUT2D eigenvalue weighted by Gasteiger charge is 2.33. The molecular weight excluding hydrogens is 612 g/mol. The van der Waals surface area contributed by atoms with Gasteiger partial charge in [-0.2, -0.15) is 4.72 Å². The predicted molar refractivity (Wildman–Crippen MR) is 172 cm³/mol. The Morgan fingerprint density at radius 1 is 1.07 bits per heavy atom. The summed E-state index contributed by atoms with van der Waals surface area (Å²) in [5.74, 6) is -1.54. The molecule has 2 atom stereocenters. The molecular formula is C32H40N6O7S. The number of amides is 2. The van der Waals surface area contributed by atoms with Crippen LogP contribution in [0.25, 0.3) is 10.8 Å². The van der Waals surface area contributed by atoms with Crippen molar-refractivity contribution in [3.63, 3.8) is 0 Å². The van der Waals surface area contributed by atoms with E-state index in [0.717, 1.165) is 23.1 Å². The molecule has 1 fully saturated rings. The molecule has 1 aliphatic heterocycles. The van der Waals surface area contributed by atoms with Crippen LogP contribution in [-0.2, 0) is 35.7 Å². The monoisotopic (exact) mass is 652 g/mol. The van der Waals surface area contributed by atoms with Crippen molar-refractivity contribution in [3.8, 4) is 5.75 Å². The van der Waals surface area contributed by atoms with Gasteiger partial charge in [-0.3, -0.25) is 19.8 Å². The number of guanidine groups is 1. The van der Waals surface area contributed by atoms with E-state index in [1.165, 1.54) is 26.4 Å². The fraction of sp³-hybridized carbons (Fsp3) is 0.375. The number of carbonyl (C=O) groups is 3. The number of nitrogens with one attached hydrogen (secondary N) is 3. The third-order valence-corrected chi connectivity index (χ3v) is 9.30. The van der Waals surface area contributed by atoms with Crippen molar-refractivity contribution < 1.29 is 32.3 Å². The lowest BCUT2D eigenvalue weighted by Crippen LogP contribution is -2.52. The fourth-order valence-electron chi connectivity index (χ4n) is 5.38. The van der Waals surface area contributed by atoms with Gasteiger partial charge in [0, 0.05) is 26.2 Å². The maximum absolute atomic E-state index is 14.1. The van der Waals surface area contributed by atoms with E-state index >= 15 is 0 Å². The van der Waals surface area contributed by atoms with E-state index in [1.807, 2.05) is 12.1 Å². The number of esters is 1. The molecule has 0 aromatic heterocycles. The lowest BCUT2D eigenvalue weighted by Gasteiger charge is -2.33. The standard InChI is InChI=1S/C32H40N6O7S/c1-44-26-11-5-7-22(15-26)19-38(21-30(40)45-2)31(41)28(17-29(39)35-18-23-8-6-14-37(20-23)32(33)34)36-46(42,43)27-13-12-24-9-3-4-10-25(24)16-27/h3-5,7,9-13,15-16,23,28,36H,6,8,14,17-21H2,1-2H3,(H3,33,34)(H,35,39)/t23-,28-/m0/s1. The van der Waals surface area contributed by atoms with Crippen LogP contribution in [0.1, 0.15) is 24.8 Å². The van der Waals surface area contributed by atoms with Crippen molar-refractivity contribution in [2.45, 2.75) is 36.7 Å². The molecule has 14 heteroatoms. The van der Waals surface area contributed by atoms with Crippen molar-refractivity contribution in [2.24, 2.45) is 11.7 Å². The van der Waals surface area contributed by atoms with Crippen LogP contribution < -0.4 is 20.5 Å². The van der Waals surface area contributed by atoms with Gasteiger partial charge in [-0.15, -0.1) is 0 Å². The number of benzene rings is 3. The first-order chi connectivity index (χ1) is 22.0. The molecule has 3 aromatic carbocycles. The van der Waals surface area contributed by atoms with Gasteiger partial charge < -0.3 is 30.3 Å². The summed E-state index contributed by atoms with van der Waals surface area (Å²) in [4.78, 5) is 42.5. The van der Waals surface area contributed by atoms with Gasteiger partial charge in [0.1, 0.15) is 18.3 Å². The highest BCUT2D eigenvalue weighted by Crippen LogP contribution is 2.21. The van der Waals surface area contributed by atoms with Gasteiger partial charge in [-0.25, -0.2) is 8.42 Å². The number of methoxy groups -OCH3 is 2. The zero-order valence-corrected chi connectivity index (χ0v) is 26.7. The summed E-state index contributed by atoms with van der Waals surface area (Å²) in [5.41, 5.74) is 6.26. The minimum Gasteiger partial charge on any atom is -0.497 e. The zero-order valence-electron chi connectivity index (χ0n) is 25.9. The molecule has 0 spiro atoms. The number of nitrogens with zero attached hydrogens (tertiary/aromatic N) is 2. The van der Waals surface area contributed by atoms with Gasteiger partial charge >= 0.3 is 5.97 Å². The van der Waals surface area contributed by atoms with Gasteiger partial charge in [0.2, 0.25) is 21.8 Å². The number of rotatable bonds is 13. The third-order valence-electron chi connectivity index (χ3n) is 7.83. The number of fused-ring (bicyclic) bond motifs is 1. The topological polar surface area (TPSA) is 184 Å². The number of likely N-dealkylation sites (tertiary alicyclic amines) is 1. The molecule has 1 aliphatic rings. The molecule has 0 unspecified atom stereocenters. The molecule has 1 saturated heterocycles. The number of ether oxygens (including phenoxy) is 2. The lowest BCUT2D eigenvalue weighted by molar-refractivity contribution is -0.148. The molecule has 13 nitrogen and oxygen atoms in total. The van der Waals surface area contributed by atoms with E-state index in [-0.39, 0.29) is 29.9 Å². The van der Waals surface area contributed by atoms with Crippen LogP contribution in [0, 0.1) is 11.3 Å². The SMILES string of the molecule is COC(=O)CN(Cc1cccc(OC)c1)C(=O)[C@H](CC(=O)NC[C@@H]1CCCN(C(=N)N)C1)NS(=O)(=O)c1ccc2ccccc2c1. The summed E-state index contributed by atoms with van der Waals surface area (Å²) in [6, 6.07) is 17.1. The minimum absolute atomic E-state index is 0.0222. The molecule has 0 radical (unpaired) electrons. The number of carbonyl (C=O) groups excluding carboxylic acids is 3. The average molecular weight is 653 g/mol. The number of piperidine rings is 1. The summed E-state index contributed by atoms with van der Waals surface area (Å²) in [5, 5.41) is 12.0. The molecule has 2 amide bonds. The Morgan fingerprint density at radius 3 is 2.54 bits per heavy atom. The van der Waals surface area contributed by atoms with E-state index in [4.69, 9.17) is 20.6 Å². The van der Waals surface area contributed by atoms with Gasteiger partial charge in [0.05, 0.1) is 25.5 Å². The molecule has 0 aliphatic carbocycles. The van der Waals surface area contributed by atoms with Crippen LogP contribution in [-0.4, -0.2) is 88.4 Å². The van der Waals surface area contributed by atoms with Crippen LogP contribution in [0.15, 0.2) is 71.6 Å². The zero-order chi connectivity index (χ0) is 33.3. The molecule has 1 heterocycles. The Labute approximate surface area is 268 Å². The third kappa shape index (κ3) is 9.17. The van der Waals surface area contributed by atoms with E-state index in [1.54, 1.807) is 47.4 Å². The summed E-state index contributed by atoms with van der Waals surface area (Å²) >= 11 is 0. The Kier molecular flexibility index (Phi) is 11.6. The second kappa shape index (κ2) is 15.5. The van der Waals surface area contributed by atoms with Crippen molar-refractivity contribution in [3.05, 3.63) is 72.3 Å². The first-order valence-electron chi connectivity index (χ1n) is 14.8. The Balaban J connectivity index is 1.59. The van der Waals surface area contributed by atoms with Crippen LogP contribution in [0.2, 0.25) is 0 Å². The van der Waals surface area contributed by atoms with E-state index in [0.29, 0.717) is 29.8 Å². The van der Waals surface area contributed by atoms with Crippen molar-refractivity contribution >= 4 is 44.5 Å². The summed E-state index contributed by atoms with van der Waals surface area (Å²) in [6.07, 6.45) is 1.10. The normalized spacial score (nSPS) is 15.5. The first-order valence-corrected chi connectivity index (χ1v) is 16.3. The van der Waals surface area contributed by atoms with Gasteiger partial charge in [0.25, 0.3) is 0 Å². The number of sulfonamides is 1. The Hall–Kier alpha value is -4.69. The fourth-order valence-corrected chi connectivity index (χ4v) is 6.60. The summed E-state index contributed by atoms with van der Waals surface area (Å²) < 4.78 is 39.9. The molecule has 0 saturated carbocycles. The maximum Gasteiger partial charge on any atom is 0.325 e. The van der Waals surface area contributed by atoms with Crippen molar-refractivity contribution in [1.29, 1.82) is 5.41 Å². The Morgan fingerprint density at radius 2 is 1.83 bits per heavy atom. The summed E-state index contributed by atoms with van der Waals surface area (Å²) in [7, 11) is -1.62. The Bertz CT molecular complexity index is 1680. The van der Waals surface area contributed by atoms with Crippen LogP contribution in [0.5, 0.6) is 5.75 Å². The number of hydrogen-bond acceptors (Lipinski definition) is 8. The van der Waals surface area contributed by atoms with E-state index in [9.17, 15) is 22.8 Å². The minimum atomic E-state index is -4.30. The largest absolute Gasteiger partial charge is 0.497 e. The quantitative estimate of drug-likeness (QED) is 0.121. The van der Waals surface area contributed by atoms with E-state index < -0.39 is 46.8 Å². The molecule has 3 aromatic rings. The maximum atomic E-state index is 14.1. The molecule has 4 rings (SSSR count).